The quantitative estimate of drug-likeness (QED) is 0.165. The summed E-state index contributed by atoms with van der Waals surface area (Å²) in [7, 11) is 0. The summed E-state index contributed by atoms with van der Waals surface area (Å²) in [5.74, 6) is 0. The fourth-order valence-corrected chi connectivity index (χ4v) is 8.47. The highest BCUT2D eigenvalue weighted by Gasteiger charge is 2.17. The second-order valence-corrected chi connectivity index (χ2v) is 14.3. The van der Waals surface area contributed by atoms with E-state index in [9.17, 15) is 13.7 Å². The molecule has 0 N–H and O–H groups in total. The monoisotopic (exact) mass is 764 g/mol. The zero-order valence-electron chi connectivity index (χ0n) is 51.2. The van der Waals surface area contributed by atoms with Crippen LogP contribution in [0.25, 0.3) is 109 Å². The van der Waals surface area contributed by atoms with Gasteiger partial charge in [-0.3, -0.25) is 0 Å². The van der Waals surface area contributed by atoms with Crippen LogP contribution in [0.4, 0.5) is 0 Å². The molecule has 57 heavy (non-hydrogen) atoms. The van der Waals surface area contributed by atoms with Gasteiger partial charge in [0.15, 0.2) is 0 Å². The Balaban J connectivity index is 1.16. The van der Waals surface area contributed by atoms with Crippen molar-refractivity contribution >= 4 is 75.1 Å². The molecule has 0 aliphatic rings. The largest absolute Gasteiger partial charge is 0.309 e. The number of hydrogen-bond donors (Lipinski definition) is 0. The van der Waals surface area contributed by atoms with Crippen molar-refractivity contribution in [2.75, 3.05) is 0 Å². The van der Waals surface area contributed by atoms with Crippen molar-refractivity contribution in [1.82, 2.24) is 9.13 Å². The molecular formula is C54H34N2S. The van der Waals surface area contributed by atoms with Gasteiger partial charge in [-0.15, -0.1) is 11.3 Å². The molecule has 0 bridgehead atoms. The Kier molecular flexibility index (Phi) is 3.85. The van der Waals surface area contributed by atoms with Crippen LogP contribution in [0.1, 0.15) is 30.2 Å². The highest BCUT2D eigenvalue weighted by molar-refractivity contribution is 7.25. The average molecular weight is 765 g/mol. The summed E-state index contributed by atoms with van der Waals surface area (Å²) in [5, 5.41) is -0.832. The molecule has 0 fully saturated rings. The predicted molar refractivity (Wildman–Crippen MR) is 244 cm³/mol. The maximum absolute atomic E-state index is 9.99. The van der Waals surface area contributed by atoms with Gasteiger partial charge in [-0.1, -0.05) is 145 Å². The molecule has 0 amide bonds. The maximum Gasteiger partial charge on any atom is 0.0652 e. The summed E-state index contributed by atoms with van der Waals surface area (Å²) >= 11 is 0.912. The van der Waals surface area contributed by atoms with Crippen LogP contribution in [0.5, 0.6) is 0 Å². The Hall–Kier alpha value is -7.20. The van der Waals surface area contributed by atoms with E-state index in [-0.39, 0.29) is 92.7 Å². The van der Waals surface area contributed by atoms with Gasteiger partial charge >= 0.3 is 0 Å². The molecule has 0 spiro atoms. The van der Waals surface area contributed by atoms with Gasteiger partial charge in [0.05, 0.1) is 52.2 Å². The van der Waals surface area contributed by atoms with Crippen molar-refractivity contribution in [2.24, 2.45) is 0 Å². The molecule has 12 rings (SSSR count). The Morgan fingerprint density at radius 3 is 1.77 bits per heavy atom. The molecular weight excluding hydrogens is 709 g/mol. The third kappa shape index (κ3) is 5.10. The van der Waals surface area contributed by atoms with Crippen LogP contribution in [0.3, 0.4) is 0 Å². The van der Waals surface area contributed by atoms with E-state index < -0.39 is 132 Å². The summed E-state index contributed by atoms with van der Waals surface area (Å²) in [4.78, 5) is 0. The zero-order chi connectivity index (χ0) is 56.6. The van der Waals surface area contributed by atoms with Crippen molar-refractivity contribution in [1.29, 1.82) is 0 Å². The molecule has 0 saturated carbocycles. The minimum absolute atomic E-state index is 0.0179. The van der Waals surface area contributed by atoms with Crippen molar-refractivity contribution in [3.8, 4) is 44.8 Å². The van der Waals surface area contributed by atoms with E-state index in [1.54, 1.807) is 24.3 Å². The van der Waals surface area contributed by atoms with Crippen LogP contribution >= 0.6 is 11.3 Å². The first kappa shape index (κ1) is 17.3. The van der Waals surface area contributed by atoms with E-state index in [0.29, 0.717) is 5.69 Å². The first-order chi connectivity index (χ1) is 37.4. The Labute approximate surface area is 364 Å². The lowest BCUT2D eigenvalue weighted by Gasteiger charge is -2.11. The van der Waals surface area contributed by atoms with E-state index >= 15 is 0 Å². The molecule has 0 saturated heterocycles. The van der Waals surface area contributed by atoms with Gasteiger partial charge in [-0.2, -0.15) is 0 Å². The molecule has 9 aromatic carbocycles. The highest BCUT2D eigenvalue weighted by atomic mass is 32.1. The summed E-state index contributed by atoms with van der Waals surface area (Å²) in [6, 6.07) is 7.25. The Morgan fingerprint density at radius 2 is 0.947 bits per heavy atom. The molecule has 2 nitrogen and oxygen atoms in total. The second-order valence-electron chi connectivity index (χ2n) is 13.2. The second kappa shape index (κ2) is 12.7. The molecule has 3 heterocycles. The minimum Gasteiger partial charge on any atom is -0.309 e. The Morgan fingerprint density at radius 1 is 0.333 bits per heavy atom. The molecule has 3 aromatic heterocycles. The van der Waals surface area contributed by atoms with Gasteiger partial charge < -0.3 is 9.13 Å². The first-order valence-electron chi connectivity index (χ1n) is 28.7. The predicted octanol–water partition coefficient (Wildman–Crippen LogP) is 15.2. The smallest absolute Gasteiger partial charge is 0.0652 e. The first-order valence-corrected chi connectivity index (χ1v) is 18.5. The number of hydrogen-bond acceptors (Lipinski definition) is 1. The van der Waals surface area contributed by atoms with E-state index in [2.05, 4.69) is 0 Å². The molecule has 0 aliphatic heterocycles. The van der Waals surface area contributed by atoms with Crippen LogP contribution in [0.15, 0.2) is 206 Å². The number of nitrogens with zero attached hydrogens (tertiary/aromatic N) is 2. The van der Waals surface area contributed by atoms with Crippen molar-refractivity contribution in [3.63, 3.8) is 0 Å². The molecule has 3 heteroatoms. The normalized spacial score (nSPS) is 17.3. The molecule has 0 atom stereocenters. The van der Waals surface area contributed by atoms with Gasteiger partial charge in [0.1, 0.15) is 0 Å². The van der Waals surface area contributed by atoms with Crippen molar-refractivity contribution in [2.45, 2.75) is 0 Å². The Bertz CT molecular complexity index is 4790. The number of thiophene rings is 1. The van der Waals surface area contributed by atoms with Gasteiger partial charge in [-0.25, -0.2) is 0 Å². The molecule has 0 unspecified atom stereocenters. The molecule has 12 aromatic rings. The molecule has 0 radical (unpaired) electrons. The van der Waals surface area contributed by atoms with Crippen molar-refractivity contribution < 1.29 is 30.2 Å². The standard InChI is InChI=1S/C54H34N2S/c1-3-11-35(12-4-1)37-19-24-41(25-20-37)55-49-17-9-7-15-43(49)45-27-21-39(32-52(45)55)38-23-30-51-48(31-38)44-16-8-10-18-50(44)56(51)42-26-29-47-46-28-22-40(36-13-5-2-6-14-36)33-53(46)57-54(47)34-42/h1-34H/i2D,5D,6D,7D,8D,9D,10D,13D,15D,16D,17D,18D,21D,22D,23D,27D,28D,29D,30D,31D,32D,33D. The highest BCUT2D eigenvalue weighted by Crippen LogP contribution is 2.41. The third-order valence-electron chi connectivity index (χ3n) is 10.0. The van der Waals surface area contributed by atoms with Gasteiger partial charge in [0.2, 0.25) is 0 Å². The van der Waals surface area contributed by atoms with E-state index in [1.807, 2.05) is 30.3 Å². The maximum atomic E-state index is 9.99. The lowest BCUT2D eigenvalue weighted by molar-refractivity contribution is 1.18. The SMILES string of the molecule is [2H]c1cc(-c2c([2H])c([2H])c3c(sc4cc(-n5c6c([2H])c([2H])c([2H])c([2H])c6c6c([2H])c(-c7c([2H])c([2H])c8c9c([2H])c([2H])c([2H])c([2H])c9n(-c9ccc(-c%10ccccc%10)cc9)c8c7[2H])c([2H])c([2H])c65)cc([2H])c43)c2[2H])c([2H])c([2H])c1[2H]. The zero-order valence-corrected chi connectivity index (χ0v) is 30.0. The van der Waals surface area contributed by atoms with Crippen LogP contribution in [-0.2, 0) is 0 Å². The minimum atomic E-state index is -0.766. The fourth-order valence-electron chi connectivity index (χ4n) is 7.40. The van der Waals surface area contributed by atoms with Crippen LogP contribution in [0.2, 0.25) is 0 Å². The number of benzene rings is 9. The topological polar surface area (TPSA) is 9.86 Å². The van der Waals surface area contributed by atoms with Crippen molar-refractivity contribution in [3.05, 3.63) is 206 Å². The van der Waals surface area contributed by atoms with Crippen LogP contribution in [-0.4, -0.2) is 9.13 Å². The number of para-hydroxylation sites is 2. The summed E-state index contributed by atoms with van der Waals surface area (Å²) in [6.07, 6.45) is 0. The van der Waals surface area contributed by atoms with E-state index in [0.717, 1.165) is 28.5 Å². The molecule has 0 aliphatic carbocycles. The van der Waals surface area contributed by atoms with Gasteiger partial charge in [0.25, 0.3) is 0 Å². The fraction of sp³-hybridized carbons (Fsp3) is 0. The average Bonchev–Trinajstić information content (AvgIpc) is 2.98. The molecule has 266 valence electrons. The lowest BCUT2D eigenvalue weighted by atomic mass is 10.0. The van der Waals surface area contributed by atoms with E-state index in [4.69, 9.17) is 16.4 Å². The summed E-state index contributed by atoms with van der Waals surface area (Å²) < 4.78 is 203. The van der Waals surface area contributed by atoms with Crippen LogP contribution < -0.4 is 0 Å². The van der Waals surface area contributed by atoms with Gasteiger partial charge in [-0.05, 0) is 93.9 Å². The van der Waals surface area contributed by atoms with Gasteiger partial charge in [0, 0.05) is 53.1 Å². The van der Waals surface area contributed by atoms with E-state index in [1.165, 1.54) is 21.3 Å². The summed E-state index contributed by atoms with van der Waals surface area (Å²) in [5.41, 5.74) is -0.429. The third-order valence-corrected chi connectivity index (χ3v) is 11.1. The van der Waals surface area contributed by atoms with Crippen LogP contribution in [0, 0.1) is 0 Å². The lowest BCUT2D eigenvalue weighted by Crippen LogP contribution is -1.94. The number of fused-ring (bicyclic) bond motifs is 9. The summed E-state index contributed by atoms with van der Waals surface area (Å²) in [6.45, 7) is 0. The number of rotatable bonds is 5. The number of aromatic nitrogens is 2.